The number of benzene rings is 1. The molecule has 2 atom stereocenters. The summed E-state index contributed by atoms with van der Waals surface area (Å²) in [5.41, 5.74) is 1.81. The minimum atomic E-state index is -0.974. The van der Waals surface area contributed by atoms with Gasteiger partial charge in [0, 0.05) is 23.0 Å². The van der Waals surface area contributed by atoms with Gasteiger partial charge in [0.05, 0.1) is 12.1 Å². The van der Waals surface area contributed by atoms with Crippen molar-refractivity contribution in [2.24, 2.45) is 0 Å². The molecule has 1 aromatic carbocycles. The number of rotatable bonds is 4. The van der Waals surface area contributed by atoms with Crippen LogP contribution in [0, 0.1) is 12.7 Å². The smallest absolute Gasteiger partial charge is 0.274 e. The summed E-state index contributed by atoms with van der Waals surface area (Å²) in [7, 11) is 0. The highest BCUT2D eigenvalue weighted by molar-refractivity contribution is 6.04. The first-order valence-corrected chi connectivity index (χ1v) is 9.03. The van der Waals surface area contributed by atoms with Gasteiger partial charge in [-0.3, -0.25) is 9.20 Å². The summed E-state index contributed by atoms with van der Waals surface area (Å²) in [5, 5.41) is 6.54. The zero-order valence-corrected chi connectivity index (χ0v) is 15.3. The Morgan fingerprint density at radius 3 is 2.97 bits per heavy atom. The van der Waals surface area contributed by atoms with Crippen LogP contribution in [-0.4, -0.2) is 31.6 Å². The highest BCUT2D eigenvalue weighted by Crippen LogP contribution is 2.43. The normalized spacial score (nSPS) is 18.2. The van der Waals surface area contributed by atoms with E-state index in [4.69, 9.17) is 4.52 Å². The number of alkyl halides is 1. The lowest BCUT2D eigenvalue weighted by atomic mass is 10.1. The summed E-state index contributed by atoms with van der Waals surface area (Å²) >= 11 is 0. The van der Waals surface area contributed by atoms with Crippen LogP contribution in [0.15, 0.2) is 47.2 Å². The van der Waals surface area contributed by atoms with Crippen LogP contribution in [-0.2, 0) is 0 Å². The van der Waals surface area contributed by atoms with E-state index in [1.807, 2.05) is 6.07 Å². The van der Waals surface area contributed by atoms with E-state index in [9.17, 15) is 13.6 Å². The van der Waals surface area contributed by atoms with E-state index in [1.165, 1.54) is 12.3 Å². The summed E-state index contributed by atoms with van der Waals surface area (Å²) in [6.07, 6.45) is 2.55. The van der Waals surface area contributed by atoms with Gasteiger partial charge in [0.2, 0.25) is 11.7 Å². The van der Waals surface area contributed by atoms with Gasteiger partial charge < -0.3 is 9.84 Å². The molecule has 1 N–H and O–H groups in total. The molecule has 0 bridgehead atoms. The zero-order valence-electron chi connectivity index (χ0n) is 15.3. The molecule has 0 saturated heterocycles. The molecular formula is C20H15F2N5O2. The molecule has 1 saturated carbocycles. The maximum atomic E-state index is 14.5. The van der Waals surface area contributed by atoms with Crippen LogP contribution in [0.1, 0.15) is 34.3 Å². The molecule has 3 aromatic heterocycles. The topological polar surface area (TPSA) is 85.3 Å². The largest absolute Gasteiger partial charge is 0.339 e. The number of aromatic nitrogens is 4. The second-order valence-corrected chi connectivity index (χ2v) is 6.97. The Kier molecular flexibility index (Phi) is 3.90. The SMILES string of the molecule is Cc1c(F)cc(-c2noc([C@@H]3C[C@@H]3F)n2)cc1NC(=O)c1cnc2ccccn12. The molecule has 146 valence electrons. The quantitative estimate of drug-likeness (QED) is 0.566. The van der Waals surface area contributed by atoms with Gasteiger partial charge in [-0.15, -0.1) is 0 Å². The first-order chi connectivity index (χ1) is 14.0. The minimum Gasteiger partial charge on any atom is -0.339 e. The fourth-order valence-electron chi connectivity index (χ4n) is 3.15. The highest BCUT2D eigenvalue weighted by Gasteiger charge is 2.43. The van der Waals surface area contributed by atoms with Gasteiger partial charge in [-0.25, -0.2) is 13.8 Å². The molecule has 0 radical (unpaired) electrons. The summed E-state index contributed by atoms with van der Waals surface area (Å²) in [5.74, 6) is -1.01. The second-order valence-electron chi connectivity index (χ2n) is 6.97. The van der Waals surface area contributed by atoms with E-state index < -0.39 is 17.9 Å². The molecule has 1 aliphatic carbocycles. The third-order valence-electron chi connectivity index (χ3n) is 4.97. The van der Waals surface area contributed by atoms with E-state index in [0.717, 1.165) is 0 Å². The third kappa shape index (κ3) is 3.04. The van der Waals surface area contributed by atoms with E-state index >= 15 is 0 Å². The van der Waals surface area contributed by atoms with Crippen molar-refractivity contribution >= 4 is 17.2 Å². The Hall–Kier alpha value is -3.62. The molecule has 3 heterocycles. The van der Waals surface area contributed by atoms with E-state index in [2.05, 4.69) is 20.4 Å². The van der Waals surface area contributed by atoms with Crippen molar-refractivity contribution < 1.29 is 18.1 Å². The van der Waals surface area contributed by atoms with Crippen molar-refractivity contribution in [3.8, 4) is 11.4 Å². The number of anilines is 1. The van der Waals surface area contributed by atoms with E-state index in [1.54, 1.807) is 35.7 Å². The number of pyridine rings is 1. The van der Waals surface area contributed by atoms with Crippen molar-refractivity contribution in [2.45, 2.75) is 25.4 Å². The van der Waals surface area contributed by atoms with E-state index in [-0.39, 0.29) is 28.9 Å². The predicted molar refractivity (Wildman–Crippen MR) is 99.8 cm³/mol. The molecule has 1 aliphatic rings. The van der Waals surface area contributed by atoms with Crippen LogP contribution in [0.2, 0.25) is 0 Å². The molecule has 1 fully saturated rings. The molecule has 0 aliphatic heterocycles. The highest BCUT2D eigenvalue weighted by atomic mass is 19.1. The van der Waals surface area contributed by atoms with E-state index in [0.29, 0.717) is 23.3 Å². The van der Waals surface area contributed by atoms with Crippen molar-refractivity contribution in [1.82, 2.24) is 19.5 Å². The van der Waals surface area contributed by atoms with Crippen molar-refractivity contribution in [2.75, 3.05) is 5.32 Å². The van der Waals surface area contributed by atoms with Crippen LogP contribution >= 0.6 is 0 Å². The van der Waals surface area contributed by atoms with Crippen LogP contribution in [0.5, 0.6) is 0 Å². The van der Waals surface area contributed by atoms with Gasteiger partial charge >= 0.3 is 0 Å². The Labute approximate surface area is 163 Å². The molecule has 0 spiro atoms. The van der Waals surface area contributed by atoms with Gasteiger partial charge in [-0.2, -0.15) is 4.98 Å². The predicted octanol–water partition coefficient (Wildman–Crippen LogP) is 3.91. The number of imidazole rings is 1. The monoisotopic (exact) mass is 395 g/mol. The van der Waals surface area contributed by atoms with Crippen molar-refractivity contribution in [1.29, 1.82) is 0 Å². The van der Waals surface area contributed by atoms with Gasteiger partial charge in [-0.05, 0) is 37.6 Å². The summed E-state index contributed by atoms with van der Waals surface area (Å²) in [4.78, 5) is 21.1. The third-order valence-corrected chi connectivity index (χ3v) is 4.97. The Balaban J connectivity index is 1.47. The lowest BCUT2D eigenvalue weighted by Gasteiger charge is -2.10. The van der Waals surface area contributed by atoms with Crippen molar-refractivity contribution in [3.63, 3.8) is 0 Å². The number of fused-ring (bicyclic) bond motifs is 1. The number of amides is 1. The lowest BCUT2D eigenvalue weighted by molar-refractivity contribution is 0.102. The molecule has 0 unspecified atom stereocenters. The first kappa shape index (κ1) is 17.5. The molecule has 5 rings (SSSR count). The molecule has 29 heavy (non-hydrogen) atoms. The van der Waals surface area contributed by atoms with Gasteiger partial charge in [0.15, 0.2) is 0 Å². The van der Waals surface area contributed by atoms with Gasteiger partial charge in [-0.1, -0.05) is 11.2 Å². The van der Waals surface area contributed by atoms with Crippen molar-refractivity contribution in [3.05, 3.63) is 65.7 Å². The lowest BCUT2D eigenvalue weighted by Crippen LogP contribution is -2.15. The average Bonchev–Trinajstić information content (AvgIpc) is 3.12. The van der Waals surface area contributed by atoms with Crippen LogP contribution in [0.25, 0.3) is 17.0 Å². The molecular weight excluding hydrogens is 380 g/mol. The Bertz CT molecular complexity index is 1250. The standard InChI is InChI=1S/C20H15F2N5O2/c1-10-13(21)6-11(18-25-20(29-26-18)12-8-14(12)22)7-15(10)24-19(28)16-9-23-17-4-2-3-5-27(16)17/h2-7,9,12,14H,8H2,1H3,(H,24,28)/t12-,14+/m1/s1. The second kappa shape index (κ2) is 6.47. The molecule has 1 amide bonds. The average molecular weight is 395 g/mol. The first-order valence-electron chi connectivity index (χ1n) is 9.03. The van der Waals surface area contributed by atoms with Gasteiger partial charge in [0.25, 0.3) is 5.91 Å². The number of nitrogens with zero attached hydrogens (tertiary/aromatic N) is 4. The summed E-state index contributed by atoms with van der Waals surface area (Å²) in [6.45, 7) is 1.56. The zero-order chi connectivity index (χ0) is 20.1. The summed E-state index contributed by atoms with van der Waals surface area (Å²) in [6, 6.07) is 8.20. The number of hydrogen-bond donors (Lipinski definition) is 1. The number of halogens is 2. The van der Waals surface area contributed by atoms with Crippen LogP contribution in [0.3, 0.4) is 0 Å². The Morgan fingerprint density at radius 2 is 2.17 bits per heavy atom. The molecule has 4 aromatic rings. The molecule has 7 nitrogen and oxygen atoms in total. The number of hydrogen-bond acceptors (Lipinski definition) is 5. The molecule has 9 heteroatoms. The Morgan fingerprint density at radius 1 is 1.34 bits per heavy atom. The fraction of sp³-hybridized carbons (Fsp3) is 0.200. The van der Waals surface area contributed by atoms with Crippen LogP contribution < -0.4 is 5.32 Å². The fourth-order valence-corrected chi connectivity index (χ4v) is 3.15. The van der Waals surface area contributed by atoms with Crippen LogP contribution in [0.4, 0.5) is 14.5 Å². The maximum Gasteiger partial charge on any atom is 0.274 e. The summed E-state index contributed by atoms with van der Waals surface area (Å²) < 4.78 is 34.4. The number of carbonyl (C=O) groups is 1. The van der Waals surface area contributed by atoms with Gasteiger partial charge in [0.1, 0.15) is 23.3 Å². The number of nitrogens with one attached hydrogen (secondary N) is 1. The maximum absolute atomic E-state index is 14.5. The minimum absolute atomic E-state index is 0.142. The number of carbonyl (C=O) groups excluding carboxylic acids is 1.